The molecule has 1 aliphatic carbocycles. The fourth-order valence-corrected chi connectivity index (χ4v) is 5.70. The van der Waals surface area contributed by atoms with Crippen molar-refractivity contribution < 1.29 is 19.4 Å². The third-order valence-electron chi connectivity index (χ3n) is 6.08. The number of carbonyl (C=O) groups is 1. The first-order valence-electron chi connectivity index (χ1n) is 10.9. The SMILES string of the molecule is O=C(O)c1cccc(-c2nc(NCc3ccc4c(c3)OCO4)c3c4c(sc3n2)CCCC4)c1. The summed E-state index contributed by atoms with van der Waals surface area (Å²) < 4.78 is 10.9. The Labute approximate surface area is 194 Å². The summed E-state index contributed by atoms with van der Waals surface area (Å²) in [5.41, 5.74) is 3.32. The summed E-state index contributed by atoms with van der Waals surface area (Å²) in [6.45, 7) is 0.820. The number of aryl methyl sites for hydroxylation is 2. The molecule has 6 rings (SSSR count). The van der Waals surface area contributed by atoms with E-state index in [0.29, 0.717) is 17.9 Å². The first-order valence-corrected chi connectivity index (χ1v) is 11.8. The molecule has 2 aliphatic rings. The number of anilines is 1. The molecule has 2 N–H and O–H groups in total. The molecule has 2 aromatic heterocycles. The van der Waals surface area contributed by atoms with E-state index < -0.39 is 5.97 Å². The number of hydrogen-bond acceptors (Lipinski definition) is 7. The normalized spacial score (nSPS) is 14.3. The number of ether oxygens (including phenoxy) is 2. The van der Waals surface area contributed by atoms with Crippen molar-refractivity contribution in [3.8, 4) is 22.9 Å². The van der Waals surface area contributed by atoms with Crippen molar-refractivity contribution in [3.63, 3.8) is 0 Å². The van der Waals surface area contributed by atoms with Crippen molar-refractivity contribution in [1.29, 1.82) is 0 Å². The molecule has 33 heavy (non-hydrogen) atoms. The second-order valence-electron chi connectivity index (χ2n) is 8.21. The zero-order valence-corrected chi connectivity index (χ0v) is 18.6. The number of hydrogen-bond donors (Lipinski definition) is 2. The second kappa shape index (κ2) is 8.04. The Morgan fingerprint density at radius 3 is 2.85 bits per heavy atom. The molecule has 0 fully saturated rings. The second-order valence-corrected chi connectivity index (χ2v) is 9.30. The van der Waals surface area contributed by atoms with E-state index in [2.05, 4.69) is 5.32 Å². The molecule has 7 nitrogen and oxygen atoms in total. The summed E-state index contributed by atoms with van der Waals surface area (Å²) in [7, 11) is 0. The number of nitrogens with zero attached hydrogens (tertiary/aromatic N) is 2. The highest BCUT2D eigenvalue weighted by atomic mass is 32.1. The molecule has 0 unspecified atom stereocenters. The molecule has 8 heteroatoms. The highest BCUT2D eigenvalue weighted by Crippen LogP contribution is 2.40. The van der Waals surface area contributed by atoms with E-state index in [9.17, 15) is 9.90 Å². The van der Waals surface area contributed by atoms with Crippen LogP contribution in [0.2, 0.25) is 0 Å². The maximum Gasteiger partial charge on any atom is 0.335 e. The zero-order chi connectivity index (χ0) is 22.4. The fourth-order valence-electron chi connectivity index (χ4n) is 4.44. The van der Waals surface area contributed by atoms with Gasteiger partial charge in [-0.15, -0.1) is 11.3 Å². The van der Waals surface area contributed by atoms with Crippen molar-refractivity contribution in [2.45, 2.75) is 32.2 Å². The Hall–Kier alpha value is -3.65. The fraction of sp³-hybridized carbons (Fsp3) is 0.240. The lowest BCUT2D eigenvalue weighted by Crippen LogP contribution is -2.06. The van der Waals surface area contributed by atoms with Gasteiger partial charge in [0, 0.05) is 17.0 Å². The van der Waals surface area contributed by atoms with Crippen LogP contribution in [-0.4, -0.2) is 27.8 Å². The highest BCUT2D eigenvalue weighted by Gasteiger charge is 2.22. The molecule has 3 heterocycles. The molecule has 0 saturated heterocycles. The van der Waals surface area contributed by atoms with Gasteiger partial charge in [-0.25, -0.2) is 14.8 Å². The molecule has 0 amide bonds. The van der Waals surface area contributed by atoms with Crippen LogP contribution in [0, 0.1) is 0 Å². The molecule has 166 valence electrons. The zero-order valence-electron chi connectivity index (χ0n) is 17.8. The largest absolute Gasteiger partial charge is 0.478 e. The van der Waals surface area contributed by atoms with Gasteiger partial charge in [0.2, 0.25) is 6.79 Å². The van der Waals surface area contributed by atoms with Crippen LogP contribution in [-0.2, 0) is 19.4 Å². The average Bonchev–Trinajstić information content (AvgIpc) is 3.46. The third-order valence-corrected chi connectivity index (χ3v) is 7.27. The number of thiophene rings is 1. The number of benzene rings is 2. The van der Waals surface area contributed by atoms with Gasteiger partial charge >= 0.3 is 5.97 Å². The molecular weight excluding hydrogens is 438 g/mol. The first kappa shape index (κ1) is 20.0. The standard InChI is InChI=1S/C25H21N3O4S/c29-25(30)16-5-3-4-15(11-16)22-27-23(21-17-6-1-2-7-20(17)33-24(21)28-22)26-12-14-8-9-18-19(10-14)32-13-31-18/h3-5,8-11H,1-2,6-7,12-13H2,(H,29,30)(H,26,27,28). The van der Waals surface area contributed by atoms with Gasteiger partial charge in [-0.3, -0.25) is 0 Å². The van der Waals surface area contributed by atoms with Gasteiger partial charge in [0.1, 0.15) is 10.6 Å². The van der Waals surface area contributed by atoms with Crippen LogP contribution < -0.4 is 14.8 Å². The quantitative estimate of drug-likeness (QED) is 0.420. The Kier molecular flexibility index (Phi) is 4.87. The summed E-state index contributed by atoms with van der Waals surface area (Å²) in [5, 5.41) is 14.0. The van der Waals surface area contributed by atoms with Crippen LogP contribution in [0.4, 0.5) is 5.82 Å². The number of fused-ring (bicyclic) bond motifs is 4. The number of carboxylic acids is 1. The van der Waals surface area contributed by atoms with E-state index in [1.54, 1.807) is 29.5 Å². The number of rotatable bonds is 5. The van der Waals surface area contributed by atoms with Crippen molar-refractivity contribution in [1.82, 2.24) is 9.97 Å². The van der Waals surface area contributed by atoms with Gasteiger partial charge < -0.3 is 19.9 Å². The minimum Gasteiger partial charge on any atom is -0.478 e. The molecule has 0 atom stereocenters. The topological polar surface area (TPSA) is 93.6 Å². The summed E-state index contributed by atoms with van der Waals surface area (Å²) in [6.07, 6.45) is 4.47. The van der Waals surface area contributed by atoms with Gasteiger partial charge in [0.25, 0.3) is 0 Å². The molecule has 1 aliphatic heterocycles. The molecule has 4 aromatic rings. The predicted molar refractivity (Wildman–Crippen MR) is 126 cm³/mol. The average molecular weight is 460 g/mol. The molecule has 2 aromatic carbocycles. The monoisotopic (exact) mass is 459 g/mol. The van der Waals surface area contributed by atoms with Crippen LogP contribution >= 0.6 is 11.3 Å². The van der Waals surface area contributed by atoms with E-state index in [-0.39, 0.29) is 12.4 Å². The van der Waals surface area contributed by atoms with Gasteiger partial charge in [-0.05, 0) is 61.1 Å². The minimum atomic E-state index is -0.967. The van der Waals surface area contributed by atoms with Crippen LogP contribution in [0.5, 0.6) is 11.5 Å². The van der Waals surface area contributed by atoms with Gasteiger partial charge in [0.15, 0.2) is 17.3 Å². The van der Waals surface area contributed by atoms with Crippen molar-refractivity contribution in [2.24, 2.45) is 0 Å². The lowest BCUT2D eigenvalue weighted by Gasteiger charge is -2.14. The summed E-state index contributed by atoms with van der Waals surface area (Å²) in [5.74, 6) is 1.85. The maximum atomic E-state index is 11.5. The lowest BCUT2D eigenvalue weighted by atomic mass is 9.97. The number of carboxylic acid groups (broad SMARTS) is 1. The van der Waals surface area contributed by atoms with E-state index in [1.807, 2.05) is 24.3 Å². The number of aromatic nitrogens is 2. The molecule has 0 saturated carbocycles. The lowest BCUT2D eigenvalue weighted by molar-refractivity contribution is 0.0697. The van der Waals surface area contributed by atoms with E-state index in [1.165, 1.54) is 23.3 Å². The summed E-state index contributed by atoms with van der Waals surface area (Å²) in [4.78, 5) is 23.5. The Bertz CT molecular complexity index is 1400. The summed E-state index contributed by atoms with van der Waals surface area (Å²) >= 11 is 1.73. The molecular formula is C25H21N3O4S. The van der Waals surface area contributed by atoms with Crippen LogP contribution in [0.25, 0.3) is 21.6 Å². The van der Waals surface area contributed by atoms with Crippen molar-refractivity contribution in [2.75, 3.05) is 12.1 Å². The Morgan fingerprint density at radius 2 is 1.94 bits per heavy atom. The van der Waals surface area contributed by atoms with Gasteiger partial charge in [-0.1, -0.05) is 18.2 Å². The van der Waals surface area contributed by atoms with E-state index in [0.717, 1.165) is 45.9 Å². The van der Waals surface area contributed by atoms with Crippen LogP contribution in [0.1, 0.15) is 39.2 Å². The first-order chi connectivity index (χ1) is 16.2. The summed E-state index contributed by atoms with van der Waals surface area (Å²) in [6, 6.07) is 12.7. The highest BCUT2D eigenvalue weighted by molar-refractivity contribution is 7.19. The molecule has 0 radical (unpaired) electrons. The van der Waals surface area contributed by atoms with Gasteiger partial charge in [0.05, 0.1) is 10.9 Å². The Morgan fingerprint density at radius 1 is 1.06 bits per heavy atom. The van der Waals surface area contributed by atoms with Gasteiger partial charge in [-0.2, -0.15) is 0 Å². The van der Waals surface area contributed by atoms with E-state index in [4.69, 9.17) is 19.4 Å². The number of aromatic carboxylic acids is 1. The third kappa shape index (κ3) is 3.66. The van der Waals surface area contributed by atoms with E-state index >= 15 is 0 Å². The predicted octanol–water partition coefficient (Wildman–Crippen LogP) is 5.28. The maximum absolute atomic E-state index is 11.5. The molecule has 0 spiro atoms. The van der Waals surface area contributed by atoms with Crippen molar-refractivity contribution >= 4 is 33.3 Å². The van der Waals surface area contributed by atoms with Crippen molar-refractivity contribution in [3.05, 3.63) is 64.0 Å². The smallest absolute Gasteiger partial charge is 0.335 e. The number of nitrogens with one attached hydrogen (secondary N) is 1. The minimum absolute atomic E-state index is 0.219. The van der Waals surface area contributed by atoms with Crippen LogP contribution in [0.15, 0.2) is 42.5 Å². The Balaban J connectivity index is 1.42. The van der Waals surface area contributed by atoms with Crippen LogP contribution in [0.3, 0.4) is 0 Å². The molecule has 0 bridgehead atoms.